The molecular formula is C14H13NO4S2. The third-order valence-corrected chi connectivity index (χ3v) is 4.70. The number of aryl methyl sites for hydroxylation is 1. The van der Waals surface area contributed by atoms with Gasteiger partial charge in [0.2, 0.25) is 10.0 Å². The third-order valence-electron chi connectivity index (χ3n) is 2.73. The average molecular weight is 323 g/mol. The number of primary sulfonamides is 1. The fraction of sp³-hybridized carbons (Fsp3) is 0.0714. The minimum absolute atomic E-state index is 0.0898. The van der Waals surface area contributed by atoms with E-state index >= 15 is 0 Å². The Labute approximate surface area is 126 Å². The smallest absolute Gasteiger partial charge is 0.336 e. The Hall–Kier alpha value is -1.83. The van der Waals surface area contributed by atoms with Crippen LogP contribution < -0.4 is 5.14 Å². The van der Waals surface area contributed by atoms with Crippen LogP contribution >= 0.6 is 11.8 Å². The summed E-state index contributed by atoms with van der Waals surface area (Å²) in [4.78, 5) is 12.4. The van der Waals surface area contributed by atoms with Crippen molar-refractivity contribution in [2.24, 2.45) is 5.14 Å². The molecule has 0 heterocycles. The van der Waals surface area contributed by atoms with Gasteiger partial charge in [-0.05, 0) is 37.3 Å². The van der Waals surface area contributed by atoms with Gasteiger partial charge in [-0.2, -0.15) is 0 Å². The van der Waals surface area contributed by atoms with E-state index in [0.717, 1.165) is 16.5 Å². The number of rotatable bonds is 4. The molecule has 0 radical (unpaired) electrons. The van der Waals surface area contributed by atoms with Gasteiger partial charge in [0.05, 0.1) is 10.5 Å². The normalized spacial score (nSPS) is 11.3. The van der Waals surface area contributed by atoms with Crippen LogP contribution in [0.15, 0.2) is 57.2 Å². The summed E-state index contributed by atoms with van der Waals surface area (Å²) in [5.74, 6) is -1.20. The van der Waals surface area contributed by atoms with Crippen LogP contribution in [0.3, 0.4) is 0 Å². The lowest BCUT2D eigenvalue weighted by atomic mass is 10.2. The molecule has 0 aliphatic carbocycles. The zero-order valence-electron chi connectivity index (χ0n) is 11.1. The van der Waals surface area contributed by atoms with Crippen LogP contribution in [-0.4, -0.2) is 19.5 Å². The molecule has 0 saturated heterocycles. The van der Waals surface area contributed by atoms with Gasteiger partial charge in [0.1, 0.15) is 0 Å². The highest BCUT2D eigenvalue weighted by molar-refractivity contribution is 7.99. The number of aromatic carboxylic acids is 1. The number of nitrogens with two attached hydrogens (primary N) is 1. The van der Waals surface area contributed by atoms with Crippen LogP contribution in [0.2, 0.25) is 0 Å². The molecule has 5 nitrogen and oxygen atoms in total. The van der Waals surface area contributed by atoms with Gasteiger partial charge < -0.3 is 5.11 Å². The van der Waals surface area contributed by atoms with E-state index in [4.69, 9.17) is 5.14 Å². The molecule has 0 bridgehead atoms. The molecule has 0 spiro atoms. The second-order valence-electron chi connectivity index (χ2n) is 4.43. The molecule has 21 heavy (non-hydrogen) atoms. The predicted octanol–water partition coefficient (Wildman–Crippen LogP) is 2.49. The van der Waals surface area contributed by atoms with E-state index < -0.39 is 16.0 Å². The number of benzene rings is 2. The Bertz CT molecular complexity index is 800. The molecule has 3 N–H and O–H groups in total. The van der Waals surface area contributed by atoms with Crippen LogP contribution in [-0.2, 0) is 10.0 Å². The van der Waals surface area contributed by atoms with Crippen molar-refractivity contribution < 1.29 is 18.3 Å². The first-order valence-electron chi connectivity index (χ1n) is 5.92. The largest absolute Gasteiger partial charge is 0.478 e. The summed E-state index contributed by atoms with van der Waals surface area (Å²) >= 11 is 1.26. The lowest BCUT2D eigenvalue weighted by molar-refractivity contribution is 0.0693. The SMILES string of the molecule is Cc1cccc(Sc2ccc(S(N)(=O)=O)cc2C(=O)O)c1. The standard InChI is InChI=1S/C14H13NO4S2/c1-9-3-2-4-10(7-9)20-13-6-5-11(21(15,18)19)8-12(13)14(16)17/h2-8H,1H3,(H,16,17)(H2,15,18,19). The number of hydrogen-bond acceptors (Lipinski definition) is 4. The molecule has 0 amide bonds. The molecule has 2 rings (SSSR count). The molecule has 0 atom stereocenters. The molecule has 0 aromatic heterocycles. The number of carboxylic acids is 1. The van der Waals surface area contributed by atoms with E-state index in [2.05, 4.69) is 0 Å². The van der Waals surface area contributed by atoms with Gasteiger partial charge in [-0.1, -0.05) is 29.5 Å². The molecular weight excluding hydrogens is 310 g/mol. The van der Waals surface area contributed by atoms with Crippen LogP contribution in [0.4, 0.5) is 0 Å². The van der Waals surface area contributed by atoms with Crippen molar-refractivity contribution >= 4 is 27.8 Å². The number of carbonyl (C=O) groups is 1. The second kappa shape index (κ2) is 5.88. The Morgan fingerprint density at radius 1 is 1.19 bits per heavy atom. The minimum Gasteiger partial charge on any atom is -0.478 e. The molecule has 0 aliphatic rings. The summed E-state index contributed by atoms with van der Waals surface area (Å²) in [5, 5.41) is 14.3. The zero-order chi connectivity index (χ0) is 15.6. The van der Waals surface area contributed by atoms with Gasteiger partial charge in [0.25, 0.3) is 0 Å². The highest BCUT2D eigenvalue weighted by atomic mass is 32.2. The fourth-order valence-corrected chi connectivity index (χ4v) is 3.33. The van der Waals surface area contributed by atoms with Crippen molar-refractivity contribution in [1.82, 2.24) is 0 Å². The molecule has 0 unspecified atom stereocenters. The van der Waals surface area contributed by atoms with Crippen molar-refractivity contribution in [3.8, 4) is 0 Å². The first-order valence-corrected chi connectivity index (χ1v) is 8.28. The zero-order valence-corrected chi connectivity index (χ0v) is 12.7. The summed E-state index contributed by atoms with van der Waals surface area (Å²) in [7, 11) is -3.93. The van der Waals surface area contributed by atoms with Gasteiger partial charge in [-0.3, -0.25) is 0 Å². The first-order chi connectivity index (χ1) is 9.77. The van der Waals surface area contributed by atoms with E-state index in [0.29, 0.717) is 4.90 Å². The van der Waals surface area contributed by atoms with Crippen LogP contribution in [0.5, 0.6) is 0 Å². The average Bonchev–Trinajstić information content (AvgIpc) is 2.37. The van der Waals surface area contributed by atoms with Crippen molar-refractivity contribution in [3.05, 3.63) is 53.6 Å². The predicted molar refractivity (Wildman–Crippen MR) is 80.1 cm³/mol. The molecule has 110 valence electrons. The third kappa shape index (κ3) is 3.84. The maximum atomic E-state index is 11.3. The van der Waals surface area contributed by atoms with E-state index in [9.17, 15) is 18.3 Å². The first kappa shape index (κ1) is 15.6. The van der Waals surface area contributed by atoms with Gasteiger partial charge in [0, 0.05) is 9.79 Å². The van der Waals surface area contributed by atoms with E-state index in [1.54, 1.807) is 0 Å². The summed E-state index contributed by atoms with van der Waals surface area (Å²) in [6, 6.07) is 11.4. The van der Waals surface area contributed by atoms with E-state index in [1.165, 1.54) is 23.9 Å². The Balaban J connectivity index is 2.47. The Kier molecular flexibility index (Phi) is 4.36. The van der Waals surface area contributed by atoms with Crippen LogP contribution in [0.1, 0.15) is 15.9 Å². The number of hydrogen-bond donors (Lipinski definition) is 2. The highest BCUT2D eigenvalue weighted by Gasteiger charge is 2.16. The molecule has 0 saturated carbocycles. The quantitative estimate of drug-likeness (QED) is 0.901. The van der Waals surface area contributed by atoms with Gasteiger partial charge >= 0.3 is 5.97 Å². The van der Waals surface area contributed by atoms with Gasteiger partial charge in [-0.15, -0.1) is 0 Å². The van der Waals surface area contributed by atoms with E-state index in [-0.39, 0.29) is 10.5 Å². The van der Waals surface area contributed by atoms with E-state index in [1.807, 2.05) is 31.2 Å². The summed E-state index contributed by atoms with van der Waals surface area (Å²) < 4.78 is 22.6. The molecule has 7 heteroatoms. The molecule has 2 aromatic rings. The van der Waals surface area contributed by atoms with Crippen LogP contribution in [0.25, 0.3) is 0 Å². The maximum Gasteiger partial charge on any atom is 0.336 e. The number of carboxylic acid groups (broad SMARTS) is 1. The van der Waals surface area contributed by atoms with Crippen molar-refractivity contribution in [1.29, 1.82) is 0 Å². The maximum absolute atomic E-state index is 11.3. The summed E-state index contributed by atoms with van der Waals surface area (Å²) in [5.41, 5.74) is 0.964. The summed E-state index contributed by atoms with van der Waals surface area (Å²) in [6.07, 6.45) is 0. The molecule has 0 aliphatic heterocycles. The van der Waals surface area contributed by atoms with Crippen LogP contribution in [0, 0.1) is 6.92 Å². The second-order valence-corrected chi connectivity index (χ2v) is 7.10. The van der Waals surface area contributed by atoms with Gasteiger partial charge in [-0.25, -0.2) is 18.4 Å². The fourth-order valence-electron chi connectivity index (χ4n) is 1.75. The lowest BCUT2D eigenvalue weighted by Gasteiger charge is -2.08. The van der Waals surface area contributed by atoms with Crippen molar-refractivity contribution in [2.75, 3.05) is 0 Å². The molecule has 0 fully saturated rings. The minimum atomic E-state index is -3.93. The summed E-state index contributed by atoms with van der Waals surface area (Å²) in [6.45, 7) is 1.94. The monoisotopic (exact) mass is 323 g/mol. The molecule has 2 aromatic carbocycles. The number of sulfonamides is 1. The Morgan fingerprint density at radius 2 is 1.90 bits per heavy atom. The Morgan fingerprint density at radius 3 is 2.48 bits per heavy atom. The van der Waals surface area contributed by atoms with Crippen molar-refractivity contribution in [3.63, 3.8) is 0 Å². The van der Waals surface area contributed by atoms with Gasteiger partial charge in [0.15, 0.2) is 0 Å². The highest BCUT2D eigenvalue weighted by Crippen LogP contribution is 2.32. The van der Waals surface area contributed by atoms with Crippen molar-refractivity contribution in [2.45, 2.75) is 21.6 Å². The lowest BCUT2D eigenvalue weighted by Crippen LogP contribution is -2.13. The topological polar surface area (TPSA) is 97.5 Å².